The molecule has 3 aromatic carbocycles. The molecule has 4 aromatic rings. The Labute approximate surface area is 256 Å². The summed E-state index contributed by atoms with van der Waals surface area (Å²) in [7, 11) is 0. The van der Waals surface area contributed by atoms with Gasteiger partial charge in [-0.25, -0.2) is 4.79 Å². The first kappa shape index (κ1) is 29.6. The predicted octanol–water partition coefficient (Wildman–Crippen LogP) is 9.20. The fraction of sp³-hybridized carbons (Fsp3) is 0.226. The fourth-order valence-electron chi connectivity index (χ4n) is 4.88. The van der Waals surface area contributed by atoms with Gasteiger partial charge in [0.1, 0.15) is 6.10 Å². The van der Waals surface area contributed by atoms with Crippen LogP contribution in [0.5, 0.6) is 0 Å². The Bertz CT molecular complexity index is 1670. The van der Waals surface area contributed by atoms with E-state index in [1.807, 2.05) is 12.1 Å². The van der Waals surface area contributed by atoms with E-state index in [0.29, 0.717) is 61.6 Å². The van der Waals surface area contributed by atoms with Crippen LogP contribution < -0.4 is 5.32 Å². The lowest BCUT2D eigenvalue weighted by Crippen LogP contribution is -2.23. The molecule has 1 saturated carbocycles. The summed E-state index contributed by atoms with van der Waals surface area (Å²) in [6.45, 7) is 3.79. The van der Waals surface area contributed by atoms with E-state index in [2.05, 4.69) is 5.32 Å². The van der Waals surface area contributed by atoms with Gasteiger partial charge < -0.3 is 9.47 Å². The van der Waals surface area contributed by atoms with Gasteiger partial charge in [0.15, 0.2) is 0 Å². The first-order valence-electron chi connectivity index (χ1n) is 13.2. The van der Waals surface area contributed by atoms with Gasteiger partial charge in [0.25, 0.3) is 5.69 Å². The molecule has 1 fully saturated rings. The van der Waals surface area contributed by atoms with E-state index in [1.165, 1.54) is 17.4 Å². The minimum atomic E-state index is -0.722. The molecule has 1 amide bonds. The number of thiophene rings is 1. The Balaban J connectivity index is 1.39. The zero-order valence-electron chi connectivity index (χ0n) is 22.7. The Hall–Kier alpha value is -3.92. The van der Waals surface area contributed by atoms with Crippen LogP contribution in [0.1, 0.15) is 43.9 Å². The first-order chi connectivity index (χ1) is 20.1. The Kier molecular flexibility index (Phi) is 8.54. The zero-order valence-corrected chi connectivity index (χ0v) is 25.0. The third-order valence-corrected chi connectivity index (χ3v) is 8.84. The molecule has 1 aliphatic rings. The van der Waals surface area contributed by atoms with Crippen LogP contribution in [0.3, 0.4) is 0 Å². The van der Waals surface area contributed by atoms with Gasteiger partial charge in [0, 0.05) is 22.2 Å². The lowest BCUT2D eigenvalue weighted by molar-refractivity contribution is -0.384. The summed E-state index contributed by atoms with van der Waals surface area (Å²) in [5.74, 6) is -0.241. The Morgan fingerprint density at radius 3 is 2.38 bits per heavy atom. The number of hydrogen-bond acceptors (Lipinski definition) is 7. The number of nitro benzene ring substituents is 1. The zero-order chi connectivity index (χ0) is 30.0. The fourth-order valence-corrected chi connectivity index (χ4v) is 6.34. The molecule has 1 heterocycles. The number of hydrogen-bond donors (Lipinski definition) is 1. The molecule has 1 aliphatic carbocycles. The van der Waals surface area contributed by atoms with E-state index in [-0.39, 0.29) is 11.7 Å². The van der Waals surface area contributed by atoms with E-state index in [9.17, 15) is 19.7 Å². The molecule has 0 aliphatic heterocycles. The minimum absolute atomic E-state index is 0.114. The number of esters is 1. The van der Waals surface area contributed by atoms with E-state index in [4.69, 9.17) is 32.7 Å². The van der Waals surface area contributed by atoms with Crippen molar-refractivity contribution in [2.24, 2.45) is 0 Å². The molecule has 0 spiro atoms. The Morgan fingerprint density at radius 2 is 1.74 bits per heavy atom. The lowest BCUT2D eigenvalue weighted by Gasteiger charge is -2.16. The third kappa shape index (κ3) is 5.99. The van der Waals surface area contributed by atoms with Crippen molar-refractivity contribution in [3.05, 3.63) is 103 Å². The van der Waals surface area contributed by atoms with Crippen molar-refractivity contribution >= 4 is 58.0 Å². The smallest absolute Gasteiger partial charge is 0.412 e. The molecular formula is C31H26Cl2N2O6S. The third-order valence-electron chi connectivity index (χ3n) is 7.19. The van der Waals surface area contributed by atoms with Crippen molar-refractivity contribution < 1.29 is 24.0 Å². The molecule has 11 heteroatoms. The lowest BCUT2D eigenvalue weighted by atomic mass is 9.93. The van der Waals surface area contributed by atoms with Crippen molar-refractivity contribution in [1.29, 1.82) is 0 Å². The molecule has 1 atom stereocenters. The second-order valence-electron chi connectivity index (χ2n) is 9.86. The molecule has 1 N–H and O–H groups in total. The van der Waals surface area contributed by atoms with Gasteiger partial charge in [-0.3, -0.25) is 20.2 Å². The molecule has 1 aromatic heterocycles. The highest BCUT2D eigenvalue weighted by Crippen LogP contribution is 2.50. The van der Waals surface area contributed by atoms with Gasteiger partial charge in [-0.05, 0) is 56.0 Å². The van der Waals surface area contributed by atoms with Crippen LogP contribution in [0.15, 0.2) is 72.8 Å². The molecule has 0 bridgehead atoms. The van der Waals surface area contributed by atoms with E-state index < -0.39 is 22.5 Å². The molecule has 0 unspecified atom stereocenters. The van der Waals surface area contributed by atoms with Crippen LogP contribution in [0.2, 0.25) is 9.36 Å². The van der Waals surface area contributed by atoms with Crippen molar-refractivity contribution in [3.8, 4) is 21.6 Å². The average Bonchev–Trinajstić information content (AvgIpc) is 3.70. The molecule has 8 nitrogen and oxygen atoms in total. The van der Waals surface area contributed by atoms with E-state index in [1.54, 1.807) is 68.4 Å². The predicted molar refractivity (Wildman–Crippen MR) is 164 cm³/mol. The highest BCUT2D eigenvalue weighted by atomic mass is 35.5. The summed E-state index contributed by atoms with van der Waals surface area (Å²) in [5, 5.41) is 15.3. The maximum absolute atomic E-state index is 12.7. The molecule has 0 radical (unpaired) electrons. The molecule has 5 rings (SSSR count). The van der Waals surface area contributed by atoms with Crippen molar-refractivity contribution in [2.75, 3.05) is 11.9 Å². The number of amides is 1. The summed E-state index contributed by atoms with van der Waals surface area (Å²) in [6.07, 6.45) is 0.0917. The summed E-state index contributed by atoms with van der Waals surface area (Å²) in [5.41, 5.74) is 2.68. The number of carbonyl (C=O) groups is 2. The monoisotopic (exact) mass is 624 g/mol. The summed E-state index contributed by atoms with van der Waals surface area (Å²) < 4.78 is 11.1. The topological polar surface area (TPSA) is 108 Å². The maximum atomic E-state index is 12.7. The largest absolute Gasteiger partial charge is 0.465 e. The van der Waals surface area contributed by atoms with Crippen LogP contribution in [0, 0.1) is 10.1 Å². The first-order valence-corrected chi connectivity index (χ1v) is 14.8. The summed E-state index contributed by atoms with van der Waals surface area (Å²) in [6, 6.07) is 20.7. The van der Waals surface area contributed by atoms with Crippen LogP contribution in [0.25, 0.3) is 21.6 Å². The van der Waals surface area contributed by atoms with Gasteiger partial charge in [0.2, 0.25) is 0 Å². The number of rotatable bonds is 9. The van der Waals surface area contributed by atoms with E-state index in [0.717, 1.165) is 5.56 Å². The number of benzene rings is 3. The highest BCUT2D eigenvalue weighted by Gasteiger charge is 2.52. The van der Waals surface area contributed by atoms with Crippen molar-refractivity contribution in [1.82, 2.24) is 0 Å². The number of ether oxygens (including phenoxy) is 2. The number of anilines is 1. The number of nitrogens with zero attached hydrogens (tertiary/aromatic N) is 1. The number of halogens is 2. The molecule has 42 heavy (non-hydrogen) atoms. The molecule has 0 saturated heterocycles. The Morgan fingerprint density at radius 1 is 1.05 bits per heavy atom. The molecule has 216 valence electrons. The normalized spacial score (nSPS) is 14.1. The second-order valence-corrected chi connectivity index (χ2v) is 11.9. The van der Waals surface area contributed by atoms with Gasteiger partial charge >= 0.3 is 12.1 Å². The summed E-state index contributed by atoms with van der Waals surface area (Å²) in [4.78, 5) is 37.4. The molecular weight excluding hydrogens is 599 g/mol. The standard InChI is InChI=1S/C31H26Cl2N2O6S/c1-3-40-29(36)31(14-15-31)21-11-8-19(9-12-21)23-13-10-20(16-26(23)35(38)39)28-25(17-27(33)42-28)34-30(37)41-18(2)22-6-4-5-7-24(22)32/h4-13,16-18H,3,14-15H2,1-2H3,(H,34,37)/t18-/m1/s1. The quantitative estimate of drug-likeness (QED) is 0.113. The minimum Gasteiger partial charge on any atom is -0.465 e. The van der Waals surface area contributed by atoms with Crippen LogP contribution >= 0.6 is 34.5 Å². The second kappa shape index (κ2) is 12.1. The summed E-state index contributed by atoms with van der Waals surface area (Å²) >= 11 is 13.7. The van der Waals surface area contributed by atoms with Crippen LogP contribution in [-0.4, -0.2) is 23.6 Å². The number of nitro groups is 1. The van der Waals surface area contributed by atoms with Gasteiger partial charge in [0.05, 0.1) is 37.4 Å². The van der Waals surface area contributed by atoms with Crippen molar-refractivity contribution in [2.45, 2.75) is 38.2 Å². The van der Waals surface area contributed by atoms with Crippen LogP contribution in [-0.2, 0) is 19.7 Å². The average molecular weight is 626 g/mol. The highest BCUT2D eigenvalue weighted by molar-refractivity contribution is 7.20. The van der Waals surface area contributed by atoms with Crippen LogP contribution in [0.4, 0.5) is 16.2 Å². The maximum Gasteiger partial charge on any atom is 0.412 e. The SMILES string of the molecule is CCOC(=O)C1(c2ccc(-c3ccc(-c4sc(Cl)cc4NC(=O)O[C@H](C)c4ccccc4Cl)cc3[N+](=O)[O-])cc2)CC1. The van der Waals surface area contributed by atoms with Crippen molar-refractivity contribution in [3.63, 3.8) is 0 Å². The number of carbonyl (C=O) groups excluding carboxylic acids is 2. The van der Waals surface area contributed by atoms with Gasteiger partial charge in [-0.1, -0.05) is 71.7 Å². The van der Waals surface area contributed by atoms with E-state index >= 15 is 0 Å². The van der Waals surface area contributed by atoms with Gasteiger partial charge in [-0.2, -0.15) is 0 Å². The van der Waals surface area contributed by atoms with Gasteiger partial charge in [-0.15, -0.1) is 11.3 Å². The number of nitrogens with one attached hydrogen (secondary N) is 1.